The van der Waals surface area contributed by atoms with Crippen LogP contribution in [0.3, 0.4) is 0 Å². The Labute approximate surface area is 321 Å². The first kappa shape index (κ1) is 37.4. The fourth-order valence-corrected chi connectivity index (χ4v) is 9.83. The summed E-state index contributed by atoms with van der Waals surface area (Å²) in [7, 11) is 2.58. The van der Waals surface area contributed by atoms with Crippen molar-refractivity contribution in [3.63, 3.8) is 0 Å². The number of nitrogens with one attached hydrogen (secondary N) is 4. The second-order valence-electron chi connectivity index (χ2n) is 14.6. The van der Waals surface area contributed by atoms with E-state index in [-0.39, 0.29) is 35.7 Å². The zero-order chi connectivity index (χ0) is 38.3. The van der Waals surface area contributed by atoms with Crippen LogP contribution in [0.4, 0.5) is 9.59 Å². The van der Waals surface area contributed by atoms with Crippen LogP contribution in [0.15, 0.2) is 36.5 Å². The molecule has 16 heteroatoms. The Morgan fingerprint density at radius 2 is 1.33 bits per heavy atom. The molecule has 6 heterocycles. The quantitative estimate of drug-likeness (QED) is 0.118. The third-order valence-electron chi connectivity index (χ3n) is 10.3. The second kappa shape index (κ2) is 15.4. The van der Waals surface area contributed by atoms with Gasteiger partial charge >= 0.3 is 12.2 Å². The SMILES string of the molecule is COC(=O)N[C@@H](C(=O)N1CCCC1c1ncc(-c2cc3sc(-c4ccc5nc(C6CCCN6C(=O)[C@H](NC(=O)OC)C(C)C)[nH]c5c4)cc3s2)[nH]1)C(C)C. The Morgan fingerprint density at radius 1 is 0.778 bits per heavy atom. The van der Waals surface area contributed by atoms with Gasteiger partial charge in [0.25, 0.3) is 0 Å². The first-order valence-electron chi connectivity index (χ1n) is 18.3. The van der Waals surface area contributed by atoms with Crippen molar-refractivity contribution in [2.24, 2.45) is 11.8 Å². The van der Waals surface area contributed by atoms with Crippen LogP contribution in [-0.2, 0) is 19.1 Å². The van der Waals surface area contributed by atoms with E-state index in [4.69, 9.17) is 19.4 Å². The van der Waals surface area contributed by atoms with E-state index in [0.717, 1.165) is 69.4 Å². The largest absolute Gasteiger partial charge is 0.453 e. The van der Waals surface area contributed by atoms with Crippen LogP contribution in [0.2, 0.25) is 0 Å². The summed E-state index contributed by atoms with van der Waals surface area (Å²) < 4.78 is 11.9. The number of thiophene rings is 2. The van der Waals surface area contributed by atoms with Crippen LogP contribution in [0.25, 0.3) is 41.4 Å². The van der Waals surface area contributed by atoms with Gasteiger partial charge in [-0.1, -0.05) is 33.8 Å². The van der Waals surface area contributed by atoms with E-state index in [1.807, 2.05) is 49.8 Å². The molecule has 0 saturated carbocycles. The molecule has 4 atom stereocenters. The Bertz CT molecular complexity index is 2150. The van der Waals surface area contributed by atoms with E-state index in [9.17, 15) is 19.2 Å². The molecule has 0 bridgehead atoms. The van der Waals surface area contributed by atoms with Gasteiger partial charge in [-0.3, -0.25) is 9.59 Å². The number of methoxy groups -OCH3 is 2. The summed E-state index contributed by atoms with van der Waals surface area (Å²) in [5.41, 5.74) is 3.71. The molecule has 2 unspecified atom stereocenters. The van der Waals surface area contributed by atoms with Crippen molar-refractivity contribution in [2.75, 3.05) is 27.3 Å². The fraction of sp³-hybridized carbons (Fsp3) is 0.474. The van der Waals surface area contributed by atoms with Gasteiger partial charge in [-0.25, -0.2) is 19.6 Å². The number of carbonyl (C=O) groups excluding carboxylic acids is 4. The number of rotatable bonds is 10. The molecule has 0 spiro atoms. The molecule has 2 saturated heterocycles. The molecule has 1 aromatic carbocycles. The number of hydrogen-bond donors (Lipinski definition) is 4. The van der Waals surface area contributed by atoms with Gasteiger partial charge in [-0.05, 0) is 67.3 Å². The maximum atomic E-state index is 13.6. The number of likely N-dealkylation sites (tertiary alicyclic amines) is 2. The van der Waals surface area contributed by atoms with E-state index >= 15 is 0 Å². The summed E-state index contributed by atoms with van der Waals surface area (Å²) in [4.78, 5) is 73.5. The number of hydrogen-bond acceptors (Lipinski definition) is 10. The predicted octanol–water partition coefficient (Wildman–Crippen LogP) is 6.98. The van der Waals surface area contributed by atoms with Crippen LogP contribution in [0, 0.1) is 11.8 Å². The number of imidazole rings is 2. The fourth-order valence-electron chi connectivity index (χ4n) is 7.47. The zero-order valence-electron chi connectivity index (χ0n) is 31.2. The molecule has 5 aromatic rings. The molecule has 286 valence electrons. The van der Waals surface area contributed by atoms with Crippen molar-refractivity contribution in [1.82, 2.24) is 40.4 Å². The van der Waals surface area contributed by atoms with Crippen molar-refractivity contribution in [3.8, 4) is 21.0 Å². The molecule has 2 aliphatic heterocycles. The highest BCUT2D eigenvalue weighted by atomic mass is 32.1. The number of amides is 4. The van der Waals surface area contributed by atoms with Crippen LogP contribution in [0.5, 0.6) is 0 Å². The molecular formula is C38H46N8O6S2. The van der Waals surface area contributed by atoms with Gasteiger partial charge in [0.2, 0.25) is 11.8 Å². The number of nitrogens with zero attached hydrogens (tertiary/aromatic N) is 4. The minimum absolute atomic E-state index is 0.102. The average molecular weight is 775 g/mol. The van der Waals surface area contributed by atoms with Gasteiger partial charge in [0.1, 0.15) is 23.7 Å². The molecule has 0 radical (unpaired) electrons. The lowest BCUT2D eigenvalue weighted by Crippen LogP contribution is -2.51. The van der Waals surface area contributed by atoms with Gasteiger partial charge in [-0.2, -0.15) is 0 Å². The topological polar surface area (TPSA) is 175 Å². The number of benzene rings is 1. The third-order valence-corrected chi connectivity index (χ3v) is 12.7. The molecular weight excluding hydrogens is 729 g/mol. The molecule has 4 amide bonds. The van der Waals surface area contributed by atoms with Crippen molar-refractivity contribution in [3.05, 3.63) is 48.2 Å². The van der Waals surface area contributed by atoms with E-state index in [1.54, 1.807) is 22.7 Å². The number of aromatic amines is 2. The summed E-state index contributed by atoms with van der Waals surface area (Å²) in [5, 5.41) is 5.41. The number of fused-ring (bicyclic) bond motifs is 2. The lowest BCUT2D eigenvalue weighted by molar-refractivity contribution is -0.136. The first-order valence-corrected chi connectivity index (χ1v) is 20.0. The van der Waals surface area contributed by atoms with Gasteiger partial charge in [0.05, 0.1) is 54.1 Å². The summed E-state index contributed by atoms with van der Waals surface area (Å²) in [5.74, 6) is 1.01. The maximum Gasteiger partial charge on any atom is 0.407 e. The number of ether oxygens (including phenoxy) is 2. The predicted molar refractivity (Wildman–Crippen MR) is 208 cm³/mol. The molecule has 4 aromatic heterocycles. The minimum Gasteiger partial charge on any atom is -0.453 e. The number of carbonyl (C=O) groups is 4. The molecule has 2 fully saturated rings. The zero-order valence-corrected chi connectivity index (χ0v) is 32.9. The van der Waals surface area contributed by atoms with Crippen molar-refractivity contribution >= 4 is 67.1 Å². The first-order chi connectivity index (χ1) is 25.9. The maximum absolute atomic E-state index is 13.6. The number of H-pyrrole nitrogens is 2. The van der Waals surface area contributed by atoms with E-state index in [1.165, 1.54) is 23.6 Å². The third kappa shape index (κ3) is 7.28. The van der Waals surface area contributed by atoms with E-state index in [0.29, 0.717) is 13.1 Å². The van der Waals surface area contributed by atoms with Crippen LogP contribution < -0.4 is 10.6 Å². The highest BCUT2D eigenvalue weighted by Crippen LogP contribution is 2.43. The standard InChI is InChI=1S/C38H46N8O6S2/c1-19(2)31(43-37(49)51-5)35(47)45-13-7-9-25(45)33-39-18-24(42-33)28-17-30-29(54-28)16-27(53-30)21-11-12-22-23(15-21)41-34(40-22)26-10-8-14-46(26)36(48)32(20(3)4)44-38(50)52-6/h11-12,15-20,25-26,31-32H,7-10,13-14H2,1-6H3,(H,39,42)(H,40,41)(H,43,49)(H,44,50)/t25?,26?,31-,32-/m1/s1. The highest BCUT2D eigenvalue weighted by molar-refractivity contribution is 7.31. The van der Waals surface area contributed by atoms with Crippen molar-refractivity contribution < 1.29 is 28.7 Å². The van der Waals surface area contributed by atoms with Gasteiger partial charge in [-0.15, -0.1) is 22.7 Å². The lowest BCUT2D eigenvalue weighted by Gasteiger charge is -2.30. The highest BCUT2D eigenvalue weighted by Gasteiger charge is 2.39. The molecule has 0 aliphatic carbocycles. The normalized spacial score (nSPS) is 18.5. The van der Waals surface area contributed by atoms with Gasteiger partial charge < -0.3 is 39.9 Å². The minimum atomic E-state index is -0.688. The Morgan fingerprint density at radius 3 is 1.91 bits per heavy atom. The Kier molecular flexibility index (Phi) is 10.7. The smallest absolute Gasteiger partial charge is 0.407 e. The molecule has 14 nitrogen and oxygen atoms in total. The van der Waals surface area contributed by atoms with Crippen LogP contribution in [0.1, 0.15) is 77.1 Å². The number of alkyl carbamates (subject to hydrolysis) is 2. The molecule has 4 N–H and O–H groups in total. The van der Waals surface area contributed by atoms with Gasteiger partial charge in [0, 0.05) is 27.4 Å². The van der Waals surface area contributed by atoms with Crippen molar-refractivity contribution in [2.45, 2.75) is 77.5 Å². The summed E-state index contributed by atoms with van der Waals surface area (Å²) in [6, 6.07) is 8.81. The lowest BCUT2D eigenvalue weighted by atomic mass is 10.0. The van der Waals surface area contributed by atoms with Crippen LogP contribution in [-0.4, -0.2) is 93.1 Å². The Balaban J connectivity index is 1.06. The van der Waals surface area contributed by atoms with Crippen LogP contribution >= 0.6 is 22.7 Å². The monoisotopic (exact) mass is 774 g/mol. The summed E-state index contributed by atoms with van der Waals surface area (Å²) >= 11 is 3.41. The molecule has 2 aliphatic rings. The summed E-state index contributed by atoms with van der Waals surface area (Å²) in [6.07, 6.45) is 3.87. The average Bonchev–Trinajstić information content (AvgIpc) is 3.99. The van der Waals surface area contributed by atoms with E-state index < -0.39 is 24.3 Å². The summed E-state index contributed by atoms with van der Waals surface area (Å²) in [6.45, 7) is 8.82. The Hall–Kier alpha value is -4.96. The number of aromatic nitrogens is 4. The molecule has 54 heavy (non-hydrogen) atoms. The van der Waals surface area contributed by atoms with Crippen molar-refractivity contribution in [1.29, 1.82) is 0 Å². The van der Waals surface area contributed by atoms with Gasteiger partial charge in [0.15, 0.2) is 0 Å². The molecule has 7 rings (SSSR count). The van der Waals surface area contributed by atoms with E-state index in [2.05, 4.69) is 44.9 Å². The second-order valence-corrected chi connectivity index (χ2v) is 16.7.